The van der Waals surface area contributed by atoms with E-state index in [4.69, 9.17) is 0 Å². The fourth-order valence-corrected chi connectivity index (χ4v) is 7.88. The molecule has 2 heterocycles. The Hall–Kier alpha value is -2.55. The van der Waals surface area contributed by atoms with Crippen LogP contribution < -0.4 is 5.32 Å². The minimum atomic E-state index is -4.62. The van der Waals surface area contributed by atoms with Crippen molar-refractivity contribution in [1.82, 2.24) is 14.9 Å². The lowest BCUT2D eigenvalue weighted by Gasteiger charge is -2.56. The van der Waals surface area contributed by atoms with Crippen molar-refractivity contribution < 1.29 is 22.4 Å². The van der Waals surface area contributed by atoms with Crippen LogP contribution in [0, 0.1) is 29.0 Å². The highest BCUT2D eigenvalue weighted by atomic mass is 19.4. The maximum atomic E-state index is 14.3. The first kappa shape index (κ1) is 23.8. The summed E-state index contributed by atoms with van der Waals surface area (Å²) in [6, 6.07) is 3.05. The van der Waals surface area contributed by atoms with Crippen molar-refractivity contribution in [3.63, 3.8) is 0 Å². The summed E-state index contributed by atoms with van der Waals surface area (Å²) in [6.07, 6.45) is 5.19. The number of rotatable bonds is 5. The van der Waals surface area contributed by atoms with Gasteiger partial charge < -0.3 is 5.32 Å². The molecular weight excluding hydrogens is 472 g/mol. The quantitative estimate of drug-likeness (QED) is 0.530. The molecule has 0 atom stereocenters. The van der Waals surface area contributed by atoms with Gasteiger partial charge in [0.05, 0.1) is 11.3 Å². The van der Waals surface area contributed by atoms with E-state index < -0.39 is 17.6 Å². The Labute approximate surface area is 207 Å². The van der Waals surface area contributed by atoms with Gasteiger partial charge in [-0.25, -0.2) is 14.4 Å². The molecule has 4 aliphatic carbocycles. The molecule has 0 radical (unpaired) electrons. The normalized spacial score (nSPS) is 29.3. The Morgan fingerprint density at radius 1 is 1.08 bits per heavy atom. The number of amides is 1. The molecule has 0 spiro atoms. The molecule has 0 saturated heterocycles. The summed E-state index contributed by atoms with van der Waals surface area (Å²) < 4.78 is 54.6. The second-order valence-electron chi connectivity index (χ2n) is 11.5. The minimum Gasteiger partial charge on any atom is -0.310 e. The minimum absolute atomic E-state index is 0.0125. The third-order valence-electron chi connectivity index (χ3n) is 8.85. The van der Waals surface area contributed by atoms with E-state index in [0.717, 1.165) is 60.8 Å². The monoisotopic (exact) mass is 502 g/mol. The Bertz CT molecular complexity index is 1150. The van der Waals surface area contributed by atoms with Gasteiger partial charge in [-0.3, -0.25) is 9.69 Å². The summed E-state index contributed by atoms with van der Waals surface area (Å²) in [5.74, 6) is 1.94. The molecule has 36 heavy (non-hydrogen) atoms. The van der Waals surface area contributed by atoms with Crippen molar-refractivity contribution in [1.29, 1.82) is 0 Å². The number of nitrogens with zero attached hydrogens (tertiary/aromatic N) is 3. The molecule has 4 bridgehead atoms. The summed E-state index contributed by atoms with van der Waals surface area (Å²) in [7, 11) is 0. The van der Waals surface area contributed by atoms with Crippen LogP contribution in [0.3, 0.4) is 0 Å². The predicted octanol–water partition coefficient (Wildman–Crippen LogP) is 5.74. The van der Waals surface area contributed by atoms with E-state index in [1.54, 1.807) is 4.90 Å². The number of anilines is 1. The molecule has 4 fully saturated rings. The van der Waals surface area contributed by atoms with E-state index in [-0.39, 0.29) is 30.0 Å². The van der Waals surface area contributed by atoms with E-state index in [9.17, 15) is 22.4 Å². The van der Waals surface area contributed by atoms with Crippen LogP contribution in [-0.2, 0) is 30.5 Å². The molecule has 9 heteroatoms. The van der Waals surface area contributed by atoms with Gasteiger partial charge in [0.25, 0.3) is 0 Å². The van der Waals surface area contributed by atoms with Crippen LogP contribution in [-0.4, -0.2) is 27.3 Å². The first-order valence-electron chi connectivity index (χ1n) is 12.9. The Morgan fingerprint density at radius 2 is 1.78 bits per heavy atom. The number of carbonyl (C=O) groups is 1. The summed E-state index contributed by atoms with van der Waals surface area (Å²) in [5, 5.41) is 3.03. The van der Waals surface area contributed by atoms with Crippen molar-refractivity contribution in [2.24, 2.45) is 23.2 Å². The van der Waals surface area contributed by atoms with Gasteiger partial charge in [0.15, 0.2) is 0 Å². The maximum absolute atomic E-state index is 14.3. The van der Waals surface area contributed by atoms with Gasteiger partial charge in [-0.2, -0.15) is 13.2 Å². The molecule has 2 aromatic rings. The average molecular weight is 503 g/mol. The number of hydrogen-bond donors (Lipinski definition) is 1. The highest BCUT2D eigenvalue weighted by Gasteiger charge is 2.51. The van der Waals surface area contributed by atoms with Gasteiger partial charge in [0.2, 0.25) is 5.91 Å². The molecule has 5 aliphatic rings. The largest absolute Gasteiger partial charge is 0.416 e. The van der Waals surface area contributed by atoms with Crippen LogP contribution in [0.15, 0.2) is 24.5 Å². The SMILES string of the molecule is O=C(CC12CC3CC(CC(C3)C1)C2)Nc1ncnc2c1CCN(Cc1c(F)cccc1C(F)(F)F)C2. The third kappa shape index (κ3) is 4.51. The highest BCUT2D eigenvalue weighted by Crippen LogP contribution is 2.61. The molecule has 4 saturated carbocycles. The van der Waals surface area contributed by atoms with E-state index >= 15 is 0 Å². The number of aromatic nitrogens is 2. The van der Waals surface area contributed by atoms with Crippen molar-refractivity contribution in [2.75, 3.05) is 11.9 Å². The van der Waals surface area contributed by atoms with Crippen molar-refractivity contribution >= 4 is 11.7 Å². The lowest BCUT2D eigenvalue weighted by molar-refractivity contribution is -0.138. The van der Waals surface area contributed by atoms with Gasteiger partial charge in [-0.1, -0.05) is 6.07 Å². The Balaban J connectivity index is 1.14. The van der Waals surface area contributed by atoms with Gasteiger partial charge in [-0.05, 0) is 80.2 Å². The molecule has 192 valence electrons. The van der Waals surface area contributed by atoms with Gasteiger partial charge in [0, 0.05) is 37.2 Å². The second-order valence-corrected chi connectivity index (χ2v) is 11.5. The van der Waals surface area contributed by atoms with Crippen LogP contribution >= 0.6 is 0 Å². The van der Waals surface area contributed by atoms with E-state index in [1.165, 1.54) is 25.6 Å². The fourth-order valence-electron chi connectivity index (χ4n) is 7.88. The molecule has 1 N–H and O–H groups in total. The number of carbonyl (C=O) groups excluding carboxylic acids is 1. The number of alkyl halides is 3. The average Bonchev–Trinajstić information content (AvgIpc) is 2.78. The maximum Gasteiger partial charge on any atom is 0.416 e. The molecule has 7 rings (SSSR count). The second kappa shape index (κ2) is 8.78. The molecule has 1 aromatic carbocycles. The van der Waals surface area contributed by atoms with Gasteiger partial charge >= 0.3 is 6.18 Å². The lowest BCUT2D eigenvalue weighted by Crippen LogP contribution is -2.47. The summed E-state index contributed by atoms with van der Waals surface area (Å²) in [5.41, 5.74) is 0.294. The van der Waals surface area contributed by atoms with Crippen molar-refractivity contribution in [3.05, 3.63) is 52.7 Å². The topological polar surface area (TPSA) is 58.1 Å². The Morgan fingerprint density at radius 3 is 2.44 bits per heavy atom. The standard InChI is InChI=1S/C27H30F4N4O/c28-22-3-1-2-21(27(29,30)31)20(22)13-35-5-4-19-23(14-35)32-15-33-25(19)34-24(36)12-26-9-16-6-17(10-26)8-18(7-16)11-26/h1-3,15-18H,4-14H2,(H,32,33,34,36). The van der Waals surface area contributed by atoms with Crippen LogP contribution in [0.1, 0.15) is 67.3 Å². The zero-order valence-electron chi connectivity index (χ0n) is 20.1. The molecule has 1 aliphatic heterocycles. The highest BCUT2D eigenvalue weighted by molar-refractivity contribution is 5.91. The van der Waals surface area contributed by atoms with Crippen LogP contribution in [0.2, 0.25) is 0 Å². The lowest BCUT2D eigenvalue weighted by atomic mass is 9.49. The molecule has 5 nitrogen and oxygen atoms in total. The zero-order chi connectivity index (χ0) is 25.1. The number of fused-ring (bicyclic) bond motifs is 1. The fraction of sp³-hybridized carbons (Fsp3) is 0.593. The summed E-state index contributed by atoms with van der Waals surface area (Å²) >= 11 is 0. The molecular formula is C27H30F4N4O. The van der Waals surface area contributed by atoms with E-state index in [2.05, 4.69) is 15.3 Å². The zero-order valence-corrected chi connectivity index (χ0v) is 20.1. The number of halogens is 4. The van der Waals surface area contributed by atoms with Gasteiger partial charge in [-0.15, -0.1) is 0 Å². The van der Waals surface area contributed by atoms with Crippen LogP contribution in [0.5, 0.6) is 0 Å². The molecule has 1 aromatic heterocycles. The van der Waals surface area contributed by atoms with Gasteiger partial charge in [0.1, 0.15) is 18.0 Å². The van der Waals surface area contributed by atoms with E-state index in [1.807, 2.05) is 0 Å². The van der Waals surface area contributed by atoms with Crippen molar-refractivity contribution in [3.8, 4) is 0 Å². The number of benzene rings is 1. The van der Waals surface area contributed by atoms with Crippen LogP contribution in [0.25, 0.3) is 0 Å². The summed E-state index contributed by atoms with van der Waals surface area (Å²) in [6.45, 7) is 0.518. The smallest absolute Gasteiger partial charge is 0.310 e. The van der Waals surface area contributed by atoms with E-state index in [0.29, 0.717) is 30.9 Å². The molecule has 1 amide bonds. The number of nitrogens with one attached hydrogen (secondary N) is 1. The van der Waals surface area contributed by atoms with Crippen molar-refractivity contribution in [2.45, 2.75) is 70.6 Å². The Kier molecular flexibility index (Phi) is 5.81. The summed E-state index contributed by atoms with van der Waals surface area (Å²) in [4.78, 5) is 23.5. The molecule has 0 unspecified atom stereocenters. The predicted molar refractivity (Wildman–Crippen MR) is 125 cm³/mol. The third-order valence-corrected chi connectivity index (χ3v) is 8.85. The van der Waals surface area contributed by atoms with Crippen LogP contribution in [0.4, 0.5) is 23.4 Å². The first-order valence-corrected chi connectivity index (χ1v) is 12.9. The first-order chi connectivity index (χ1) is 17.2. The number of hydrogen-bond acceptors (Lipinski definition) is 4.